The Morgan fingerprint density at radius 2 is 2.21 bits per heavy atom. The van der Waals surface area contributed by atoms with E-state index in [2.05, 4.69) is 54.0 Å². The average Bonchev–Trinajstić information content (AvgIpc) is 2.51. The van der Waals surface area contributed by atoms with Crippen LogP contribution < -0.4 is 0 Å². The fraction of sp³-hybridized carbons (Fsp3) is 0.273. The molecule has 0 bridgehead atoms. The van der Waals surface area contributed by atoms with E-state index in [1.807, 2.05) is 23.1 Å². The van der Waals surface area contributed by atoms with Gasteiger partial charge in [-0.25, -0.2) is 0 Å². The number of aryl methyl sites for hydroxylation is 1. The molecule has 0 unspecified atom stereocenters. The van der Waals surface area contributed by atoms with E-state index in [0.717, 1.165) is 6.42 Å². The molecule has 0 fully saturated rings. The number of thioether (sulfide) groups is 1. The highest BCUT2D eigenvalue weighted by Crippen LogP contribution is 2.38. The number of fused-ring (bicyclic) bond motifs is 1. The fourth-order valence-electron chi connectivity index (χ4n) is 1.50. The Bertz CT molecular complexity index is 460. The second-order valence-corrected chi connectivity index (χ2v) is 6.77. The molecule has 0 nitrogen and oxygen atoms in total. The SMILES string of the molecule is CCc1ccc2c(SC)c(I)sc2c1. The Labute approximate surface area is 106 Å². The maximum atomic E-state index is 2.43. The number of halogens is 1. The summed E-state index contributed by atoms with van der Waals surface area (Å²) >= 11 is 6.18. The van der Waals surface area contributed by atoms with E-state index in [1.54, 1.807) is 0 Å². The lowest BCUT2D eigenvalue weighted by molar-refractivity contribution is 1.15. The minimum absolute atomic E-state index is 1.12. The molecular formula is C11H11IS2. The normalized spacial score (nSPS) is 11.1. The molecule has 0 atom stereocenters. The van der Waals surface area contributed by atoms with Crippen molar-refractivity contribution in [1.29, 1.82) is 0 Å². The minimum atomic E-state index is 1.12. The zero-order valence-electron chi connectivity index (χ0n) is 8.13. The fourth-order valence-corrected chi connectivity index (χ4v) is 5.04. The second-order valence-electron chi connectivity index (χ2n) is 3.09. The summed E-state index contributed by atoms with van der Waals surface area (Å²) in [6.07, 6.45) is 3.27. The van der Waals surface area contributed by atoms with Crippen LogP contribution in [0.25, 0.3) is 10.1 Å². The van der Waals surface area contributed by atoms with Crippen LogP contribution in [0.1, 0.15) is 12.5 Å². The Balaban J connectivity index is 2.68. The van der Waals surface area contributed by atoms with Crippen molar-refractivity contribution in [3.05, 3.63) is 26.6 Å². The Morgan fingerprint density at radius 1 is 1.43 bits per heavy atom. The third-order valence-electron chi connectivity index (χ3n) is 2.28. The Kier molecular flexibility index (Phi) is 3.39. The second kappa shape index (κ2) is 4.41. The van der Waals surface area contributed by atoms with Gasteiger partial charge in [-0.1, -0.05) is 19.1 Å². The van der Waals surface area contributed by atoms with Crippen molar-refractivity contribution in [3.63, 3.8) is 0 Å². The van der Waals surface area contributed by atoms with Gasteiger partial charge in [0.2, 0.25) is 0 Å². The van der Waals surface area contributed by atoms with Crippen molar-refractivity contribution >= 4 is 55.8 Å². The molecule has 0 aliphatic carbocycles. The highest BCUT2D eigenvalue weighted by atomic mass is 127. The van der Waals surface area contributed by atoms with Crippen molar-refractivity contribution in [2.75, 3.05) is 6.26 Å². The monoisotopic (exact) mass is 334 g/mol. The summed E-state index contributed by atoms with van der Waals surface area (Å²) < 4.78 is 2.84. The molecule has 0 amide bonds. The number of benzene rings is 1. The number of hydrogen-bond acceptors (Lipinski definition) is 2. The van der Waals surface area contributed by atoms with Crippen LogP contribution in [0.2, 0.25) is 0 Å². The van der Waals surface area contributed by atoms with Gasteiger partial charge in [0.05, 0.1) is 2.88 Å². The topological polar surface area (TPSA) is 0 Å². The highest BCUT2D eigenvalue weighted by Gasteiger charge is 2.08. The van der Waals surface area contributed by atoms with Crippen molar-refractivity contribution in [3.8, 4) is 0 Å². The first kappa shape index (κ1) is 10.8. The van der Waals surface area contributed by atoms with Crippen LogP contribution in [0.15, 0.2) is 23.1 Å². The zero-order valence-corrected chi connectivity index (χ0v) is 11.9. The first-order valence-electron chi connectivity index (χ1n) is 4.51. The Hall–Kier alpha value is 0.260. The maximum absolute atomic E-state index is 2.43. The Morgan fingerprint density at radius 3 is 2.86 bits per heavy atom. The first-order chi connectivity index (χ1) is 6.76. The molecule has 0 spiro atoms. The molecular weight excluding hydrogens is 323 g/mol. The molecule has 0 saturated heterocycles. The van der Waals surface area contributed by atoms with Gasteiger partial charge in [0.25, 0.3) is 0 Å². The van der Waals surface area contributed by atoms with E-state index in [0.29, 0.717) is 0 Å². The third-order valence-corrected chi connectivity index (χ3v) is 5.75. The lowest BCUT2D eigenvalue weighted by Gasteiger charge is -1.97. The lowest BCUT2D eigenvalue weighted by atomic mass is 10.1. The van der Waals surface area contributed by atoms with Crippen LogP contribution in [-0.4, -0.2) is 6.26 Å². The van der Waals surface area contributed by atoms with Crippen LogP contribution >= 0.6 is 45.7 Å². The van der Waals surface area contributed by atoms with E-state index in [-0.39, 0.29) is 0 Å². The average molecular weight is 334 g/mol. The van der Waals surface area contributed by atoms with Gasteiger partial charge in [-0.05, 0) is 46.9 Å². The van der Waals surface area contributed by atoms with Crippen molar-refractivity contribution < 1.29 is 0 Å². The van der Waals surface area contributed by atoms with Gasteiger partial charge in [0.1, 0.15) is 0 Å². The van der Waals surface area contributed by atoms with Gasteiger partial charge in [-0.2, -0.15) is 0 Å². The van der Waals surface area contributed by atoms with Crippen LogP contribution in [0, 0.1) is 2.88 Å². The van der Waals surface area contributed by atoms with Gasteiger partial charge in [-0.3, -0.25) is 0 Å². The molecule has 2 rings (SSSR count). The summed E-state index contributed by atoms with van der Waals surface area (Å²) in [7, 11) is 0. The molecule has 14 heavy (non-hydrogen) atoms. The maximum Gasteiger partial charge on any atom is 0.0801 e. The minimum Gasteiger partial charge on any atom is -0.128 e. The van der Waals surface area contributed by atoms with Gasteiger partial charge < -0.3 is 0 Å². The zero-order chi connectivity index (χ0) is 10.1. The third kappa shape index (κ3) is 1.82. The number of rotatable bonds is 2. The molecule has 0 saturated carbocycles. The van der Waals surface area contributed by atoms with Crippen LogP contribution in [0.4, 0.5) is 0 Å². The van der Waals surface area contributed by atoms with Crippen molar-refractivity contribution in [1.82, 2.24) is 0 Å². The summed E-state index contributed by atoms with van der Waals surface area (Å²) in [5.74, 6) is 0. The molecule has 1 aromatic heterocycles. The van der Waals surface area contributed by atoms with Crippen LogP contribution in [0.3, 0.4) is 0 Å². The van der Waals surface area contributed by atoms with E-state index >= 15 is 0 Å². The summed E-state index contributed by atoms with van der Waals surface area (Å²) in [5, 5.41) is 1.42. The van der Waals surface area contributed by atoms with E-state index in [1.165, 1.54) is 23.4 Å². The molecule has 0 N–H and O–H groups in total. The van der Waals surface area contributed by atoms with Gasteiger partial charge in [-0.15, -0.1) is 23.1 Å². The highest BCUT2D eigenvalue weighted by molar-refractivity contribution is 14.1. The molecule has 1 aromatic carbocycles. The van der Waals surface area contributed by atoms with Crippen LogP contribution in [0.5, 0.6) is 0 Å². The van der Waals surface area contributed by atoms with Gasteiger partial charge in [0, 0.05) is 15.0 Å². The van der Waals surface area contributed by atoms with E-state index < -0.39 is 0 Å². The molecule has 1 heterocycles. The largest absolute Gasteiger partial charge is 0.128 e. The summed E-state index contributed by atoms with van der Waals surface area (Å²) in [6, 6.07) is 6.82. The molecule has 0 aliphatic heterocycles. The number of hydrogen-bond donors (Lipinski definition) is 0. The quantitative estimate of drug-likeness (QED) is 0.562. The predicted molar refractivity (Wildman–Crippen MR) is 75.7 cm³/mol. The molecule has 2 aromatic rings. The van der Waals surface area contributed by atoms with Crippen molar-refractivity contribution in [2.45, 2.75) is 18.2 Å². The molecule has 0 radical (unpaired) electrons. The summed E-state index contributed by atoms with van der Waals surface area (Å²) in [5.41, 5.74) is 1.43. The van der Waals surface area contributed by atoms with E-state index in [9.17, 15) is 0 Å². The van der Waals surface area contributed by atoms with Gasteiger partial charge in [0.15, 0.2) is 0 Å². The first-order valence-corrected chi connectivity index (χ1v) is 7.63. The van der Waals surface area contributed by atoms with E-state index in [4.69, 9.17) is 0 Å². The molecule has 74 valence electrons. The van der Waals surface area contributed by atoms with Gasteiger partial charge >= 0.3 is 0 Å². The molecule has 0 aliphatic rings. The number of thiophene rings is 1. The lowest BCUT2D eigenvalue weighted by Crippen LogP contribution is -1.77. The van der Waals surface area contributed by atoms with Crippen LogP contribution in [-0.2, 0) is 6.42 Å². The predicted octanol–water partition coefficient (Wildman–Crippen LogP) is 4.79. The smallest absolute Gasteiger partial charge is 0.0801 e. The summed E-state index contributed by atoms with van der Waals surface area (Å²) in [4.78, 5) is 1.44. The molecule has 3 heteroatoms. The van der Waals surface area contributed by atoms with Crippen molar-refractivity contribution in [2.24, 2.45) is 0 Å². The standard InChI is InChI=1S/C11H11IS2/c1-3-7-4-5-8-9(6-7)14-11(12)10(8)13-2/h4-6H,3H2,1-2H3. The summed E-state index contributed by atoms with van der Waals surface area (Å²) in [6.45, 7) is 2.20.